The van der Waals surface area contributed by atoms with Crippen molar-refractivity contribution in [2.75, 3.05) is 75.0 Å². The summed E-state index contributed by atoms with van der Waals surface area (Å²) in [6, 6.07) is 26.5. The predicted molar refractivity (Wildman–Crippen MR) is 231 cm³/mol. The Kier molecular flexibility index (Phi) is 14.0. The maximum Gasteiger partial charge on any atom is 0.293 e. The van der Waals surface area contributed by atoms with Gasteiger partial charge >= 0.3 is 0 Å². The summed E-state index contributed by atoms with van der Waals surface area (Å²) < 4.78 is 35.3. The Hall–Kier alpha value is -4.55. The number of ether oxygens (including phenoxy) is 1. The molecule has 2 saturated heterocycles. The van der Waals surface area contributed by atoms with Gasteiger partial charge < -0.3 is 15.0 Å². The first-order valence-corrected chi connectivity index (χ1v) is 22.7. The summed E-state index contributed by atoms with van der Waals surface area (Å²) >= 11 is 9.20. The first kappa shape index (κ1) is 41.6. The third-order valence-electron chi connectivity index (χ3n) is 10.2. The summed E-state index contributed by atoms with van der Waals surface area (Å²) in [6.07, 6.45) is 2.43. The molecule has 2 aliphatic heterocycles. The zero-order chi connectivity index (χ0) is 40.5. The molecule has 3 heterocycles. The lowest BCUT2D eigenvalue weighted by Gasteiger charge is -2.36. The number of nitro benzene ring substituents is 1. The largest absolute Gasteiger partial charge is 0.379 e. The third-order valence-corrected chi connectivity index (χ3v) is 13.9. The lowest BCUT2D eigenvalue weighted by Crippen LogP contribution is -2.46. The highest BCUT2D eigenvalue weighted by atomic mass is 35.5. The number of rotatable bonds is 16. The van der Waals surface area contributed by atoms with Crippen LogP contribution in [0.25, 0.3) is 11.1 Å². The highest BCUT2D eigenvalue weighted by Gasteiger charge is 2.26. The number of aromatic nitrogens is 1. The minimum atomic E-state index is -4.44. The second-order valence-electron chi connectivity index (χ2n) is 14.0. The van der Waals surface area contributed by atoms with Crippen LogP contribution in [-0.4, -0.2) is 105 Å². The number of benzene rings is 4. The van der Waals surface area contributed by atoms with E-state index < -0.39 is 26.5 Å². The molecule has 13 nitrogen and oxygen atoms in total. The van der Waals surface area contributed by atoms with Crippen molar-refractivity contribution in [1.82, 2.24) is 19.5 Å². The minimum Gasteiger partial charge on any atom is -0.379 e. The molecule has 0 spiro atoms. The van der Waals surface area contributed by atoms with E-state index in [-0.39, 0.29) is 22.2 Å². The summed E-state index contributed by atoms with van der Waals surface area (Å²) in [7, 11) is -4.44. The number of anilines is 2. The van der Waals surface area contributed by atoms with Crippen LogP contribution in [0.1, 0.15) is 22.3 Å². The molecule has 58 heavy (non-hydrogen) atoms. The van der Waals surface area contributed by atoms with Gasteiger partial charge in [0.1, 0.15) is 10.0 Å². The number of hydrogen-bond donors (Lipinski definition) is 2. The number of carbonyl (C=O) groups is 1. The van der Waals surface area contributed by atoms with Crippen LogP contribution in [-0.2, 0) is 21.3 Å². The molecule has 17 heteroatoms. The van der Waals surface area contributed by atoms with Crippen LogP contribution in [0.2, 0.25) is 5.02 Å². The Balaban J connectivity index is 0.954. The molecular formula is C41H44ClN7O6S3. The van der Waals surface area contributed by atoms with Crippen molar-refractivity contribution in [3.63, 3.8) is 0 Å². The average molecular weight is 862 g/mol. The van der Waals surface area contributed by atoms with Gasteiger partial charge in [0.05, 0.1) is 23.0 Å². The van der Waals surface area contributed by atoms with Crippen molar-refractivity contribution >= 4 is 67.7 Å². The summed E-state index contributed by atoms with van der Waals surface area (Å²) in [5.41, 5.74) is 4.42. The molecule has 2 fully saturated rings. The Morgan fingerprint density at radius 1 is 0.948 bits per heavy atom. The number of nitrogens with zero attached hydrogens (tertiary/aromatic N) is 5. The van der Waals surface area contributed by atoms with Gasteiger partial charge in [0, 0.05) is 98.1 Å². The highest BCUT2D eigenvalue weighted by molar-refractivity contribution is 8.01. The third kappa shape index (κ3) is 10.9. The van der Waals surface area contributed by atoms with Gasteiger partial charge in [-0.3, -0.25) is 24.7 Å². The fraction of sp³-hybridized carbons (Fsp3) is 0.317. The van der Waals surface area contributed by atoms with Crippen molar-refractivity contribution in [1.29, 1.82) is 0 Å². The van der Waals surface area contributed by atoms with Crippen molar-refractivity contribution in [2.24, 2.45) is 0 Å². The molecular weight excluding hydrogens is 818 g/mol. The molecule has 0 saturated carbocycles. The Morgan fingerprint density at radius 3 is 2.40 bits per heavy atom. The molecule has 0 radical (unpaired) electrons. The van der Waals surface area contributed by atoms with E-state index >= 15 is 0 Å². The lowest BCUT2D eigenvalue weighted by atomic mass is 9.99. The van der Waals surface area contributed by atoms with Gasteiger partial charge in [-0.2, -0.15) is 0 Å². The first-order chi connectivity index (χ1) is 28.1. The quantitative estimate of drug-likeness (QED) is 0.0592. The molecule has 0 aliphatic carbocycles. The predicted octanol–water partition coefficient (Wildman–Crippen LogP) is 7.11. The standard InChI is InChI=1S/C41H44ClN7O6S3/c42-33-9-5-30(6-10-33)37-4-2-1-3-32(37)28-47-18-20-48(21-19-47)35-11-7-31(8-12-35)40(50)45-58(53,54)36-13-14-38(39(27-36)49(51)52)44-34(29-57-41-43-16-26-56-41)15-17-46-22-24-55-25-23-46/h1-14,16,26-27,34,44H,15,17-25,28-29H2,(H,45,50)/t34-/m1/s1. The van der Waals surface area contributed by atoms with Crippen LogP contribution >= 0.6 is 34.7 Å². The maximum absolute atomic E-state index is 13.4. The molecule has 1 amide bonds. The number of thiazole rings is 1. The van der Waals surface area contributed by atoms with E-state index in [1.807, 2.05) is 35.7 Å². The highest BCUT2D eigenvalue weighted by Crippen LogP contribution is 2.31. The Morgan fingerprint density at radius 2 is 1.69 bits per heavy atom. The Bertz CT molecular complexity index is 2270. The topological polar surface area (TPSA) is 150 Å². The normalized spacial score (nSPS) is 15.8. The summed E-state index contributed by atoms with van der Waals surface area (Å²) in [6.45, 7) is 7.79. The molecule has 4 aromatic carbocycles. The number of nitro groups is 1. The van der Waals surface area contributed by atoms with Crippen LogP contribution in [0, 0.1) is 10.1 Å². The van der Waals surface area contributed by atoms with Gasteiger partial charge in [-0.1, -0.05) is 59.8 Å². The lowest BCUT2D eigenvalue weighted by molar-refractivity contribution is -0.384. The van der Waals surface area contributed by atoms with Crippen LogP contribution in [0.4, 0.5) is 17.1 Å². The molecule has 1 atom stereocenters. The van der Waals surface area contributed by atoms with Crippen LogP contribution in [0.15, 0.2) is 112 Å². The second kappa shape index (κ2) is 19.5. The smallest absolute Gasteiger partial charge is 0.293 e. The fourth-order valence-electron chi connectivity index (χ4n) is 7.02. The average Bonchev–Trinajstić information content (AvgIpc) is 3.77. The zero-order valence-corrected chi connectivity index (χ0v) is 34.9. The SMILES string of the molecule is O=C(NS(=O)(=O)c1ccc(N[C@H](CCN2CCOCC2)CSc2nccs2)c([N+](=O)[O-])c1)c1ccc(N2CCN(Cc3ccccc3-c3ccc(Cl)cc3)CC2)cc1. The van der Waals surface area contributed by atoms with E-state index in [0.29, 0.717) is 30.4 Å². The number of hydrogen-bond acceptors (Lipinski definition) is 13. The number of nitrogens with one attached hydrogen (secondary N) is 2. The number of carbonyl (C=O) groups excluding carboxylic acids is 1. The van der Waals surface area contributed by atoms with Gasteiger partial charge in [0.25, 0.3) is 21.6 Å². The molecule has 2 aliphatic rings. The van der Waals surface area contributed by atoms with Crippen LogP contribution in [0.3, 0.4) is 0 Å². The summed E-state index contributed by atoms with van der Waals surface area (Å²) in [4.78, 5) is 35.7. The molecule has 1 aromatic heterocycles. The molecule has 304 valence electrons. The summed E-state index contributed by atoms with van der Waals surface area (Å²) in [5, 5.41) is 18.1. The van der Waals surface area contributed by atoms with E-state index in [9.17, 15) is 23.3 Å². The number of halogens is 1. The zero-order valence-electron chi connectivity index (χ0n) is 31.7. The van der Waals surface area contributed by atoms with Gasteiger partial charge in [0.15, 0.2) is 0 Å². The minimum absolute atomic E-state index is 0.151. The van der Waals surface area contributed by atoms with Crippen molar-refractivity contribution in [2.45, 2.75) is 28.2 Å². The molecule has 0 bridgehead atoms. The van der Waals surface area contributed by atoms with Gasteiger partial charge in [-0.15, -0.1) is 11.3 Å². The van der Waals surface area contributed by atoms with Gasteiger partial charge in [0.2, 0.25) is 0 Å². The van der Waals surface area contributed by atoms with Gasteiger partial charge in [-0.25, -0.2) is 18.1 Å². The van der Waals surface area contributed by atoms with Crippen molar-refractivity contribution < 1.29 is 22.9 Å². The van der Waals surface area contributed by atoms with E-state index in [1.54, 1.807) is 42.2 Å². The Labute approximate surface area is 351 Å². The monoisotopic (exact) mass is 861 g/mol. The number of sulfonamides is 1. The van der Waals surface area contributed by atoms with E-state index in [1.165, 1.54) is 34.6 Å². The maximum atomic E-state index is 13.4. The number of morpholine rings is 1. The van der Waals surface area contributed by atoms with Crippen molar-refractivity contribution in [3.8, 4) is 11.1 Å². The molecule has 7 rings (SSSR count). The second-order valence-corrected chi connectivity index (χ2v) is 18.3. The number of amides is 1. The van der Waals surface area contributed by atoms with E-state index in [2.05, 4.69) is 47.9 Å². The van der Waals surface area contributed by atoms with Gasteiger partial charge in [-0.05, 0) is 71.6 Å². The fourth-order valence-corrected chi connectivity index (χ4v) is 9.88. The molecule has 2 N–H and O–H groups in total. The van der Waals surface area contributed by atoms with E-state index in [0.717, 1.165) is 74.0 Å². The van der Waals surface area contributed by atoms with E-state index in [4.69, 9.17) is 16.3 Å². The van der Waals surface area contributed by atoms with Crippen molar-refractivity contribution in [3.05, 3.63) is 129 Å². The summed E-state index contributed by atoms with van der Waals surface area (Å²) in [5.74, 6) is -0.232. The van der Waals surface area contributed by atoms with Crippen LogP contribution in [0.5, 0.6) is 0 Å². The number of thioether (sulfide) groups is 1. The molecule has 0 unspecified atom stereocenters. The first-order valence-electron chi connectivity index (χ1n) is 19.0. The number of piperazine rings is 1. The van der Waals surface area contributed by atoms with Crippen LogP contribution < -0.4 is 14.9 Å². The molecule has 5 aromatic rings.